The van der Waals surface area contributed by atoms with E-state index in [1.54, 1.807) is 0 Å². The Kier molecular flexibility index (Phi) is 1.91. The summed E-state index contributed by atoms with van der Waals surface area (Å²) < 4.78 is 63.9. The van der Waals surface area contributed by atoms with Gasteiger partial charge in [-0.05, 0) is 11.6 Å². The number of carbonyl (C=O) groups excluding carboxylic acids is 1. The van der Waals surface area contributed by atoms with Crippen molar-refractivity contribution in [1.82, 2.24) is 0 Å². The molecule has 1 unspecified atom stereocenters. The van der Waals surface area contributed by atoms with Crippen LogP contribution in [0.4, 0.5) is 13.2 Å². The van der Waals surface area contributed by atoms with Gasteiger partial charge in [-0.25, -0.2) is 0 Å². The molecular formula is C12H9F3O2. The summed E-state index contributed by atoms with van der Waals surface area (Å²) in [7, 11) is 0. The molecule has 17 heavy (non-hydrogen) atoms. The normalized spacial score (nSPS) is 21.9. The summed E-state index contributed by atoms with van der Waals surface area (Å²) in [4.78, 5) is 11.3. The molecule has 0 bridgehead atoms. The number of halogens is 3. The summed E-state index contributed by atoms with van der Waals surface area (Å²) in [6, 6.07) is 5.52. The molecule has 0 heterocycles. The fraction of sp³-hybridized carbons (Fsp3) is 0.250. The van der Waals surface area contributed by atoms with E-state index in [-0.39, 0.29) is 11.1 Å². The standard InChI is InChI=1S/C12H9F3O2/c1-7(16)17-11-6-10(12(13,14)15)8-4-2-3-5-9(8)11/h2-6,11H,1H3/i1D3. The summed E-state index contributed by atoms with van der Waals surface area (Å²) in [6.45, 7) is -3.01. The number of hydrogen-bond acceptors (Lipinski definition) is 2. The summed E-state index contributed by atoms with van der Waals surface area (Å²) in [5.41, 5.74) is -0.919. The Bertz CT molecular complexity index is 576. The lowest BCUT2D eigenvalue weighted by Crippen LogP contribution is -2.09. The second-order valence-electron chi connectivity index (χ2n) is 3.49. The van der Waals surface area contributed by atoms with Crippen molar-refractivity contribution < 1.29 is 26.8 Å². The van der Waals surface area contributed by atoms with Crippen molar-refractivity contribution in [1.29, 1.82) is 0 Å². The quantitative estimate of drug-likeness (QED) is 0.710. The summed E-state index contributed by atoms with van der Waals surface area (Å²) in [5, 5.41) is 0. The molecule has 2 rings (SSSR count). The lowest BCUT2D eigenvalue weighted by Gasteiger charge is -2.10. The van der Waals surface area contributed by atoms with Crippen LogP contribution in [0.1, 0.15) is 28.2 Å². The van der Waals surface area contributed by atoms with Gasteiger partial charge in [0, 0.05) is 16.5 Å². The highest BCUT2D eigenvalue weighted by Crippen LogP contribution is 2.44. The third-order valence-corrected chi connectivity index (χ3v) is 2.41. The number of ether oxygens (including phenoxy) is 1. The highest BCUT2D eigenvalue weighted by Gasteiger charge is 2.41. The molecular weight excluding hydrogens is 233 g/mol. The minimum Gasteiger partial charge on any atom is -0.453 e. The molecule has 0 aliphatic heterocycles. The minimum atomic E-state index is -4.60. The number of allylic oxidation sites excluding steroid dienone is 1. The van der Waals surface area contributed by atoms with Gasteiger partial charge >= 0.3 is 12.1 Å². The van der Waals surface area contributed by atoms with Crippen molar-refractivity contribution in [3.8, 4) is 0 Å². The molecule has 2 nitrogen and oxygen atoms in total. The van der Waals surface area contributed by atoms with Crippen LogP contribution in [0, 0.1) is 0 Å². The molecule has 5 heteroatoms. The molecule has 0 saturated heterocycles. The maximum atomic E-state index is 12.9. The molecule has 0 spiro atoms. The number of alkyl halides is 3. The highest BCUT2D eigenvalue weighted by atomic mass is 19.4. The highest BCUT2D eigenvalue weighted by molar-refractivity contribution is 5.78. The molecule has 0 fully saturated rings. The lowest BCUT2D eigenvalue weighted by atomic mass is 10.1. The maximum absolute atomic E-state index is 12.9. The van der Waals surface area contributed by atoms with E-state index in [1.807, 2.05) is 0 Å². The van der Waals surface area contributed by atoms with Crippen LogP contribution in [-0.2, 0) is 9.53 Å². The predicted molar refractivity (Wildman–Crippen MR) is 55.0 cm³/mol. The number of carbonyl (C=O) groups is 1. The van der Waals surface area contributed by atoms with E-state index in [1.165, 1.54) is 24.3 Å². The Morgan fingerprint density at radius 2 is 2.12 bits per heavy atom. The van der Waals surface area contributed by atoms with Crippen molar-refractivity contribution >= 4 is 11.5 Å². The smallest absolute Gasteiger partial charge is 0.416 e. The molecule has 0 radical (unpaired) electrons. The van der Waals surface area contributed by atoms with Gasteiger partial charge in [0.2, 0.25) is 0 Å². The SMILES string of the molecule is [2H]C([2H])([2H])C(=O)OC1C=C(C(F)(F)F)c2ccccc21. The fourth-order valence-electron chi connectivity index (χ4n) is 1.78. The molecule has 0 amide bonds. The Hall–Kier alpha value is -1.78. The van der Waals surface area contributed by atoms with E-state index in [9.17, 15) is 18.0 Å². The zero-order valence-electron chi connectivity index (χ0n) is 11.4. The second kappa shape index (κ2) is 3.91. The molecule has 1 atom stereocenters. The first kappa shape index (κ1) is 8.33. The van der Waals surface area contributed by atoms with Crippen LogP contribution in [0.15, 0.2) is 30.3 Å². The Morgan fingerprint density at radius 3 is 2.76 bits per heavy atom. The molecule has 1 aromatic carbocycles. The van der Waals surface area contributed by atoms with Gasteiger partial charge in [-0.1, -0.05) is 24.3 Å². The Morgan fingerprint density at radius 1 is 1.41 bits per heavy atom. The van der Waals surface area contributed by atoms with Gasteiger partial charge in [0.05, 0.1) is 5.57 Å². The number of esters is 1. The van der Waals surface area contributed by atoms with Crippen LogP contribution in [-0.4, -0.2) is 12.1 Å². The zero-order chi connectivity index (χ0) is 15.1. The van der Waals surface area contributed by atoms with Crippen molar-refractivity contribution in [3.05, 3.63) is 41.5 Å². The first-order chi connectivity index (χ1) is 9.10. The molecule has 1 aliphatic carbocycles. The van der Waals surface area contributed by atoms with E-state index in [0.717, 1.165) is 0 Å². The molecule has 0 aromatic heterocycles. The summed E-state index contributed by atoms with van der Waals surface area (Å²) in [6.07, 6.45) is -5.22. The predicted octanol–water partition coefficient (Wildman–Crippen LogP) is 3.25. The molecule has 0 saturated carbocycles. The topological polar surface area (TPSA) is 26.3 Å². The number of fused-ring (bicyclic) bond motifs is 1. The van der Waals surface area contributed by atoms with Gasteiger partial charge in [0.25, 0.3) is 0 Å². The van der Waals surface area contributed by atoms with Crippen LogP contribution < -0.4 is 0 Å². The fourth-order valence-corrected chi connectivity index (χ4v) is 1.78. The Labute approximate surface area is 99.9 Å². The van der Waals surface area contributed by atoms with E-state index >= 15 is 0 Å². The third kappa shape index (κ3) is 2.18. The van der Waals surface area contributed by atoms with Gasteiger partial charge in [-0.2, -0.15) is 13.2 Å². The van der Waals surface area contributed by atoms with E-state index < -0.39 is 30.7 Å². The van der Waals surface area contributed by atoms with Crippen LogP contribution >= 0.6 is 0 Å². The number of hydrogen-bond donors (Lipinski definition) is 0. The number of benzene rings is 1. The van der Waals surface area contributed by atoms with E-state index in [2.05, 4.69) is 4.74 Å². The molecule has 1 aromatic rings. The van der Waals surface area contributed by atoms with Crippen LogP contribution in [0.2, 0.25) is 0 Å². The van der Waals surface area contributed by atoms with Gasteiger partial charge in [0.15, 0.2) is 0 Å². The number of rotatable bonds is 1. The summed E-state index contributed by atoms with van der Waals surface area (Å²) >= 11 is 0. The van der Waals surface area contributed by atoms with Gasteiger partial charge in [0.1, 0.15) is 6.10 Å². The van der Waals surface area contributed by atoms with E-state index in [0.29, 0.717) is 6.08 Å². The lowest BCUT2D eigenvalue weighted by molar-refractivity contribution is -0.144. The molecule has 90 valence electrons. The van der Waals surface area contributed by atoms with Gasteiger partial charge in [-0.3, -0.25) is 4.79 Å². The summed E-state index contributed by atoms with van der Waals surface area (Å²) in [5.74, 6) is -1.53. The first-order valence-corrected chi connectivity index (χ1v) is 4.70. The Balaban J connectivity index is 2.37. The van der Waals surface area contributed by atoms with Crippen molar-refractivity contribution in [2.45, 2.75) is 19.1 Å². The van der Waals surface area contributed by atoms with Crippen LogP contribution in [0.25, 0.3) is 5.57 Å². The second-order valence-corrected chi connectivity index (χ2v) is 3.49. The first-order valence-electron chi connectivity index (χ1n) is 6.20. The maximum Gasteiger partial charge on any atom is 0.416 e. The van der Waals surface area contributed by atoms with Crippen molar-refractivity contribution in [2.75, 3.05) is 0 Å². The average Bonchev–Trinajstić information content (AvgIpc) is 2.67. The van der Waals surface area contributed by atoms with E-state index in [4.69, 9.17) is 4.11 Å². The largest absolute Gasteiger partial charge is 0.453 e. The van der Waals surface area contributed by atoms with Crippen LogP contribution in [0.5, 0.6) is 0 Å². The monoisotopic (exact) mass is 245 g/mol. The van der Waals surface area contributed by atoms with Gasteiger partial charge < -0.3 is 4.74 Å². The van der Waals surface area contributed by atoms with Crippen molar-refractivity contribution in [3.63, 3.8) is 0 Å². The van der Waals surface area contributed by atoms with Crippen molar-refractivity contribution in [2.24, 2.45) is 0 Å². The zero-order valence-corrected chi connectivity index (χ0v) is 8.41. The average molecular weight is 245 g/mol. The van der Waals surface area contributed by atoms with Crippen LogP contribution in [0.3, 0.4) is 0 Å². The molecule has 1 aliphatic rings. The third-order valence-electron chi connectivity index (χ3n) is 2.41. The van der Waals surface area contributed by atoms with Gasteiger partial charge in [-0.15, -0.1) is 0 Å². The molecule has 0 N–H and O–H groups in total. The minimum absolute atomic E-state index is 0.108.